The molecule has 0 saturated heterocycles. The Morgan fingerprint density at radius 3 is 2.53 bits per heavy atom. The number of ether oxygens (including phenoxy) is 1. The Labute approximate surface area is 180 Å². The van der Waals surface area contributed by atoms with Gasteiger partial charge in [-0.05, 0) is 48.9 Å². The summed E-state index contributed by atoms with van der Waals surface area (Å²) in [6, 6.07) is 15.7. The van der Waals surface area contributed by atoms with Gasteiger partial charge in [0.1, 0.15) is 17.2 Å². The number of nitrogens with zero attached hydrogens (tertiary/aromatic N) is 1. The minimum atomic E-state index is -0.669. The van der Waals surface area contributed by atoms with Crippen molar-refractivity contribution < 1.29 is 24.5 Å². The molecule has 0 heterocycles. The van der Waals surface area contributed by atoms with Crippen molar-refractivity contribution in [3.63, 3.8) is 0 Å². The van der Waals surface area contributed by atoms with E-state index in [4.69, 9.17) is 4.74 Å². The zero-order chi connectivity index (χ0) is 21.7. The number of nitrogens with one attached hydrogen (secondary N) is 1. The molecule has 3 aromatic carbocycles. The molecule has 3 N–H and O–H groups in total. The van der Waals surface area contributed by atoms with Crippen molar-refractivity contribution in [2.45, 2.75) is 6.92 Å². The number of benzene rings is 3. The quantitative estimate of drug-likeness (QED) is 0.225. The van der Waals surface area contributed by atoms with Crippen LogP contribution >= 0.6 is 15.9 Å². The van der Waals surface area contributed by atoms with Gasteiger partial charge in [0.25, 0.3) is 5.91 Å². The van der Waals surface area contributed by atoms with E-state index in [1.807, 2.05) is 19.1 Å². The van der Waals surface area contributed by atoms with E-state index in [0.29, 0.717) is 11.1 Å². The molecular weight excluding hydrogens is 452 g/mol. The molecule has 8 heteroatoms. The monoisotopic (exact) mass is 468 g/mol. The summed E-state index contributed by atoms with van der Waals surface area (Å²) in [5.74, 6) is -1.46. The van der Waals surface area contributed by atoms with Crippen molar-refractivity contribution in [1.29, 1.82) is 0 Å². The number of hydrogen-bond donors (Lipinski definition) is 3. The Hall–Kier alpha value is -3.65. The molecule has 3 rings (SSSR count). The van der Waals surface area contributed by atoms with Gasteiger partial charge in [0.15, 0.2) is 0 Å². The second kappa shape index (κ2) is 9.23. The summed E-state index contributed by atoms with van der Waals surface area (Å²) in [5.41, 5.74) is 3.91. The smallest absolute Gasteiger partial charge is 0.343 e. The number of amides is 1. The van der Waals surface area contributed by atoms with Crippen LogP contribution in [0.4, 0.5) is 0 Å². The third kappa shape index (κ3) is 5.03. The Morgan fingerprint density at radius 2 is 1.80 bits per heavy atom. The van der Waals surface area contributed by atoms with Gasteiger partial charge in [0, 0.05) is 16.1 Å². The summed E-state index contributed by atoms with van der Waals surface area (Å²) in [4.78, 5) is 24.7. The Morgan fingerprint density at radius 1 is 1.03 bits per heavy atom. The van der Waals surface area contributed by atoms with E-state index < -0.39 is 11.9 Å². The summed E-state index contributed by atoms with van der Waals surface area (Å²) in [5, 5.41) is 22.9. The molecular formula is C22H17BrN2O5. The summed E-state index contributed by atoms with van der Waals surface area (Å²) in [6.07, 6.45) is 1.32. The van der Waals surface area contributed by atoms with Crippen LogP contribution < -0.4 is 10.2 Å². The second-order valence-electron chi connectivity index (χ2n) is 6.29. The molecule has 0 aliphatic rings. The molecule has 0 spiro atoms. The van der Waals surface area contributed by atoms with Gasteiger partial charge < -0.3 is 14.9 Å². The van der Waals surface area contributed by atoms with Crippen molar-refractivity contribution in [2.24, 2.45) is 5.10 Å². The third-order valence-electron chi connectivity index (χ3n) is 4.14. The van der Waals surface area contributed by atoms with E-state index in [9.17, 15) is 19.8 Å². The van der Waals surface area contributed by atoms with Gasteiger partial charge in [-0.3, -0.25) is 4.79 Å². The first-order valence-electron chi connectivity index (χ1n) is 8.78. The highest BCUT2D eigenvalue weighted by atomic mass is 79.9. The highest BCUT2D eigenvalue weighted by Crippen LogP contribution is 2.24. The van der Waals surface area contributed by atoms with E-state index in [1.165, 1.54) is 18.3 Å². The van der Waals surface area contributed by atoms with Crippen LogP contribution in [-0.4, -0.2) is 28.3 Å². The largest absolute Gasteiger partial charge is 0.508 e. The van der Waals surface area contributed by atoms with Crippen LogP contribution in [0.2, 0.25) is 0 Å². The number of phenols is 2. The molecule has 152 valence electrons. The van der Waals surface area contributed by atoms with E-state index in [2.05, 4.69) is 26.5 Å². The zero-order valence-corrected chi connectivity index (χ0v) is 17.4. The SMILES string of the molecule is Cc1ccccc1C(=O)Oc1ccc(Br)cc1/C=N\NC(=O)c1ccc(O)cc1O. The number of hydrogen-bond acceptors (Lipinski definition) is 6. The van der Waals surface area contributed by atoms with Gasteiger partial charge >= 0.3 is 5.97 Å². The predicted molar refractivity (Wildman–Crippen MR) is 115 cm³/mol. The Bertz CT molecular complexity index is 1140. The molecule has 0 aliphatic heterocycles. The average Bonchev–Trinajstić information content (AvgIpc) is 2.70. The molecule has 0 unspecified atom stereocenters. The Kier molecular flexibility index (Phi) is 6.48. The van der Waals surface area contributed by atoms with Crippen LogP contribution in [0.15, 0.2) is 70.2 Å². The number of aromatic hydroxyl groups is 2. The molecule has 7 nitrogen and oxygen atoms in total. The zero-order valence-electron chi connectivity index (χ0n) is 15.8. The lowest BCUT2D eigenvalue weighted by Crippen LogP contribution is -2.18. The lowest BCUT2D eigenvalue weighted by Gasteiger charge is -2.09. The first-order chi connectivity index (χ1) is 14.3. The number of rotatable bonds is 5. The lowest BCUT2D eigenvalue weighted by molar-refractivity contribution is 0.0733. The first-order valence-corrected chi connectivity index (χ1v) is 9.57. The highest BCUT2D eigenvalue weighted by Gasteiger charge is 2.14. The van der Waals surface area contributed by atoms with Crippen LogP contribution in [0.1, 0.15) is 31.8 Å². The van der Waals surface area contributed by atoms with E-state index in [0.717, 1.165) is 16.1 Å². The number of aryl methyl sites for hydroxylation is 1. The molecule has 0 saturated carbocycles. The normalized spacial score (nSPS) is 10.7. The van der Waals surface area contributed by atoms with Crippen molar-refractivity contribution in [3.8, 4) is 17.2 Å². The first kappa shape index (κ1) is 21.1. The van der Waals surface area contributed by atoms with Gasteiger partial charge in [-0.25, -0.2) is 10.2 Å². The maximum Gasteiger partial charge on any atom is 0.343 e. The average molecular weight is 469 g/mol. The third-order valence-corrected chi connectivity index (χ3v) is 4.63. The molecule has 0 aliphatic carbocycles. The van der Waals surface area contributed by atoms with Crippen LogP contribution in [0.3, 0.4) is 0 Å². The molecule has 3 aromatic rings. The fourth-order valence-electron chi connectivity index (χ4n) is 2.60. The molecule has 0 radical (unpaired) electrons. The fraction of sp³-hybridized carbons (Fsp3) is 0.0455. The molecule has 0 bridgehead atoms. The second-order valence-corrected chi connectivity index (χ2v) is 7.20. The van der Waals surface area contributed by atoms with E-state index >= 15 is 0 Å². The lowest BCUT2D eigenvalue weighted by atomic mass is 10.1. The molecule has 0 aromatic heterocycles. The van der Waals surface area contributed by atoms with E-state index in [1.54, 1.807) is 30.3 Å². The van der Waals surface area contributed by atoms with Crippen molar-refractivity contribution in [2.75, 3.05) is 0 Å². The Balaban J connectivity index is 1.77. The predicted octanol–water partition coefficient (Wildman–Crippen LogP) is 4.15. The van der Waals surface area contributed by atoms with Crippen molar-refractivity contribution >= 4 is 34.0 Å². The van der Waals surface area contributed by atoms with Crippen LogP contribution in [-0.2, 0) is 0 Å². The minimum Gasteiger partial charge on any atom is -0.508 e. The number of carbonyl (C=O) groups excluding carboxylic acids is 2. The van der Waals surface area contributed by atoms with Gasteiger partial charge in [-0.1, -0.05) is 34.1 Å². The maximum absolute atomic E-state index is 12.5. The number of phenolic OH excluding ortho intramolecular Hbond substituents is 2. The number of esters is 1. The number of hydrazone groups is 1. The van der Waals surface area contributed by atoms with Gasteiger partial charge in [0.05, 0.1) is 17.3 Å². The summed E-state index contributed by atoms with van der Waals surface area (Å²) in [6.45, 7) is 1.81. The van der Waals surface area contributed by atoms with Gasteiger partial charge in [-0.15, -0.1) is 0 Å². The highest BCUT2D eigenvalue weighted by molar-refractivity contribution is 9.10. The fourth-order valence-corrected chi connectivity index (χ4v) is 2.98. The van der Waals surface area contributed by atoms with Crippen molar-refractivity contribution in [3.05, 3.63) is 87.4 Å². The maximum atomic E-state index is 12.5. The summed E-state index contributed by atoms with van der Waals surface area (Å²) >= 11 is 3.35. The summed E-state index contributed by atoms with van der Waals surface area (Å²) < 4.78 is 6.23. The molecule has 0 fully saturated rings. The standard InChI is InChI=1S/C22H17BrN2O5/c1-13-4-2-3-5-17(13)22(29)30-20-9-6-15(23)10-14(20)12-24-25-21(28)18-8-7-16(26)11-19(18)27/h2-12,26-27H,1H3,(H,25,28)/b24-12-. The molecule has 1 amide bonds. The molecule has 30 heavy (non-hydrogen) atoms. The topological polar surface area (TPSA) is 108 Å². The van der Waals surface area contributed by atoms with Crippen LogP contribution in [0, 0.1) is 6.92 Å². The van der Waals surface area contributed by atoms with Crippen molar-refractivity contribution in [1.82, 2.24) is 5.43 Å². The van der Waals surface area contributed by atoms with Gasteiger partial charge in [-0.2, -0.15) is 5.10 Å². The van der Waals surface area contributed by atoms with Gasteiger partial charge in [0.2, 0.25) is 0 Å². The number of carbonyl (C=O) groups is 2. The number of halogens is 1. The van der Waals surface area contributed by atoms with E-state index in [-0.39, 0.29) is 22.8 Å². The molecule has 0 atom stereocenters. The van der Waals surface area contributed by atoms with Crippen LogP contribution in [0.5, 0.6) is 17.2 Å². The minimum absolute atomic E-state index is 0.0506. The van der Waals surface area contributed by atoms with Crippen LogP contribution in [0.25, 0.3) is 0 Å². The summed E-state index contributed by atoms with van der Waals surface area (Å²) in [7, 11) is 0.